The highest BCUT2D eigenvalue weighted by Crippen LogP contribution is 2.28. The van der Waals surface area contributed by atoms with E-state index in [0.29, 0.717) is 12.2 Å². The summed E-state index contributed by atoms with van der Waals surface area (Å²) in [5, 5.41) is 0. The Balaban J connectivity index is 2.20. The molecule has 0 aromatic heterocycles. The van der Waals surface area contributed by atoms with Crippen LogP contribution in [0.3, 0.4) is 0 Å². The number of carbonyl (C=O) groups excluding carboxylic acids is 1. The lowest BCUT2D eigenvalue weighted by molar-refractivity contribution is -0.133. The number of para-hydroxylation sites is 1. The number of methoxy groups -OCH3 is 1. The van der Waals surface area contributed by atoms with E-state index in [4.69, 9.17) is 4.74 Å². The van der Waals surface area contributed by atoms with Crippen LogP contribution in [-0.4, -0.2) is 29.9 Å². The monoisotopic (exact) mass is 247 g/mol. The normalized spacial score (nSPS) is 19.8. The maximum Gasteiger partial charge on any atom is 0.152 e. The summed E-state index contributed by atoms with van der Waals surface area (Å²) in [5.41, 5.74) is 0.779. The van der Waals surface area contributed by atoms with Crippen molar-refractivity contribution in [3.63, 3.8) is 0 Å². The first-order chi connectivity index (χ1) is 8.55. The third-order valence-corrected chi connectivity index (χ3v) is 3.86. The topological polar surface area (TPSA) is 29.5 Å². The molecular weight excluding hydrogens is 226 g/mol. The molecule has 1 saturated heterocycles. The summed E-state index contributed by atoms with van der Waals surface area (Å²) < 4.78 is 5.37. The second-order valence-corrected chi connectivity index (χ2v) is 5.32. The molecule has 0 amide bonds. The van der Waals surface area contributed by atoms with E-state index < -0.39 is 0 Å². The minimum Gasteiger partial charge on any atom is -0.496 e. The molecule has 1 fully saturated rings. The van der Waals surface area contributed by atoms with Gasteiger partial charge in [-0.2, -0.15) is 0 Å². The van der Waals surface area contributed by atoms with Crippen LogP contribution >= 0.6 is 0 Å². The molecule has 18 heavy (non-hydrogen) atoms. The number of Topliss-reactive ketones (excluding diaryl/α,β-unsaturated/α-hetero) is 1. The van der Waals surface area contributed by atoms with Gasteiger partial charge < -0.3 is 4.74 Å². The molecule has 1 aliphatic heterocycles. The van der Waals surface area contributed by atoms with Crippen molar-refractivity contribution in [3.8, 4) is 5.75 Å². The maximum absolute atomic E-state index is 12.0. The van der Waals surface area contributed by atoms with E-state index in [1.54, 1.807) is 7.11 Å². The zero-order valence-corrected chi connectivity index (χ0v) is 11.4. The SMILES string of the molecule is COc1ccccc1CN1CCCC(=O)C1(C)C. The first-order valence-electron chi connectivity index (χ1n) is 6.46. The van der Waals surface area contributed by atoms with Gasteiger partial charge in [0.15, 0.2) is 5.78 Å². The average Bonchev–Trinajstić information content (AvgIpc) is 2.36. The van der Waals surface area contributed by atoms with E-state index in [0.717, 1.165) is 30.8 Å². The number of hydrogen-bond acceptors (Lipinski definition) is 3. The smallest absolute Gasteiger partial charge is 0.152 e. The number of carbonyl (C=O) groups is 1. The lowest BCUT2D eigenvalue weighted by atomic mass is 9.88. The minimum absolute atomic E-state index is 0.337. The molecule has 3 heteroatoms. The number of ketones is 1. The first-order valence-corrected chi connectivity index (χ1v) is 6.46. The van der Waals surface area contributed by atoms with Gasteiger partial charge in [-0.05, 0) is 32.9 Å². The molecule has 0 radical (unpaired) electrons. The van der Waals surface area contributed by atoms with Gasteiger partial charge in [0.2, 0.25) is 0 Å². The number of likely N-dealkylation sites (tertiary alicyclic amines) is 1. The van der Waals surface area contributed by atoms with Gasteiger partial charge in [0.1, 0.15) is 5.75 Å². The van der Waals surface area contributed by atoms with Gasteiger partial charge in [-0.25, -0.2) is 0 Å². The van der Waals surface area contributed by atoms with Gasteiger partial charge >= 0.3 is 0 Å². The zero-order chi connectivity index (χ0) is 13.2. The Bertz CT molecular complexity index is 440. The van der Waals surface area contributed by atoms with Gasteiger partial charge in [0.25, 0.3) is 0 Å². The Hall–Kier alpha value is -1.35. The van der Waals surface area contributed by atoms with Crippen molar-refractivity contribution in [2.75, 3.05) is 13.7 Å². The Morgan fingerprint density at radius 1 is 1.33 bits per heavy atom. The highest BCUT2D eigenvalue weighted by molar-refractivity contribution is 5.88. The summed E-state index contributed by atoms with van der Waals surface area (Å²) in [6.45, 7) is 5.77. The summed E-state index contributed by atoms with van der Waals surface area (Å²) in [4.78, 5) is 14.2. The standard InChI is InChI=1S/C15H21NO2/c1-15(2)14(17)9-6-10-16(15)11-12-7-4-5-8-13(12)18-3/h4-5,7-8H,6,9-11H2,1-3H3. The third kappa shape index (κ3) is 2.41. The van der Waals surface area contributed by atoms with Gasteiger partial charge in [0, 0.05) is 18.5 Å². The summed E-state index contributed by atoms with van der Waals surface area (Å²) in [6, 6.07) is 8.01. The van der Waals surface area contributed by atoms with Gasteiger partial charge in [-0.15, -0.1) is 0 Å². The molecule has 0 bridgehead atoms. The fourth-order valence-electron chi connectivity index (χ4n) is 2.51. The molecular formula is C15H21NO2. The largest absolute Gasteiger partial charge is 0.496 e. The highest BCUT2D eigenvalue weighted by atomic mass is 16.5. The van der Waals surface area contributed by atoms with Crippen LogP contribution in [0.4, 0.5) is 0 Å². The third-order valence-electron chi connectivity index (χ3n) is 3.86. The van der Waals surface area contributed by atoms with Crippen molar-refractivity contribution in [2.24, 2.45) is 0 Å². The molecule has 1 aliphatic rings. The molecule has 0 aliphatic carbocycles. The van der Waals surface area contributed by atoms with Crippen LogP contribution in [0.2, 0.25) is 0 Å². The lowest BCUT2D eigenvalue weighted by Crippen LogP contribution is -2.53. The Morgan fingerprint density at radius 2 is 2.06 bits per heavy atom. The predicted molar refractivity (Wildman–Crippen MR) is 71.7 cm³/mol. The number of benzene rings is 1. The Kier molecular flexibility index (Phi) is 3.71. The number of ether oxygens (including phenoxy) is 1. The Morgan fingerprint density at radius 3 is 2.78 bits per heavy atom. The molecule has 0 saturated carbocycles. The van der Waals surface area contributed by atoms with Crippen LogP contribution in [0.25, 0.3) is 0 Å². The number of piperidine rings is 1. The molecule has 1 aromatic rings. The molecule has 98 valence electrons. The van der Waals surface area contributed by atoms with Crippen LogP contribution in [0.15, 0.2) is 24.3 Å². The van der Waals surface area contributed by atoms with Crippen LogP contribution in [0.1, 0.15) is 32.3 Å². The van der Waals surface area contributed by atoms with Crippen LogP contribution in [-0.2, 0) is 11.3 Å². The fourth-order valence-corrected chi connectivity index (χ4v) is 2.51. The van der Waals surface area contributed by atoms with Crippen molar-refractivity contribution in [3.05, 3.63) is 29.8 Å². The lowest BCUT2D eigenvalue weighted by Gasteiger charge is -2.41. The second kappa shape index (κ2) is 5.11. The summed E-state index contributed by atoms with van der Waals surface area (Å²) in [5.74, 6) is 1.23. The summed E-state index contributed by atoms with van der Waals surface area (Å²) in [6.07, 6.45) is 1.66. The van der Waals surface area contributed by atoms with Gasteiger partial charge in [-0.1, -0.05) is 18.2 Å². The summed E-state index contributed by atoms with van der Waals surface area (Å²) >= 11 is 0. The van der Waals surface area contributed by atoms with Crippen molar-refractivity contribution in [2.45, 2.75) is 38.8 Å². The minimum atomic E-state index is -0.362. The predicted octanol–water partition coefficient (Wildman–Crippen LogP) is 2.64. The molecule has 0 N–H and O–H groups in total. The second-order valence-electron chi connectivity index (χ2n) is 5.32. The molecule has 2 rings (SSSR count). The molecule has 1 heterocycles. The van der Waals surface area contributed by atoms with E-state index in [-0.39, 0.29) is 5.54 Å². The van der Waals surface area contributed by atoms with Crippen molar-refractivity contribution >= 4 is 5.78 Å². The van der Waals surface area contributed by atoms with E-state index in [9.17, 15) is 4.79 Å². The van der Waals surface area contributed by atoms with Crippen LogP contribution in [0.5, 0.6) is 5.75 Å². The van der Waals surface area contributed by atoms with Gasteiger partial charge in [-0.3, -0.25) is 9.69 Å². The van der Waals surface area contributed by atoms with Crippen molar-refractivity contribution in [1.82, 2.24) is 4.90 Å². The van der Waals surface area contributed by atoms with Gasteiger partial charge in [0.05, 0.1) is 12.6 Å². The van der Waals surface area contributed by atoms with Crippen molar-refractivity contribution in [1.29, 1.82) is 0 Å². The highest BCUT2D eigenvalue weighted by Gasteiger charge is 2.37. The molecule has 0 spiro atoms. The average molecular weight is 247 g/mol. The molecule has 0 unspecified atom stereocenters. The Labute approximate surface area is 109 Å². The first kappa shape index (κ1) is 13.1. The number of hydrogen-bond donors (Lipinski definition) is 0. The quantitative estimate of drug-likeness (QED) is 0.822. The molecule has 3 nitrogen and oxygen atoms in total. The zero-order valence-electron chi connectivity index (χ0n) is 11.4. The number of rotatable bonds is 3. The van der Waals surface area contributed by atoms with E-state index in [1.807, 2.05) is 32.0 Å². The van der Waals surface area contributed by atoms with E-state index in [1.165, 1.54) is 0 Å². The number of nitrogens with zero attached hydrogens (tertiary/aromatic N) is 1. The molecule has 1 aromatic carbocycles. The van der Waals surface area contributed by atoms with E-state index >= 15 is 0 Å². The maximum atomic E-state index is 12.0. The van der Waals surface area contributed by atoms with Crippen molar-refractivity contribution < 1.29 is 9.53 Å². The fraction of sp³-hybridized carbons (Fsp3) is 0.533. The van der Waals surface area contributed by atoms with Crippen LogP contribution in [0, 0.1) is 0 Å². The van der Waals surface area contributed by atoms with E-state index in [2.05, 4.69) is 11.0 Å². The van der Waals surface area contributed by atoms with Crippen LogP contribution < -0.4 is 4.74 Å². The summed E-state index contributed by atoms with van der Waals surface area (Å²) in [7, 11) is 1.69. The molecule has 0 atom stereocenters.